The molecule has 1 aromatic carbocycles. The third-order valence-corrected chi connectivity index (χ3v) is 4.91. The predicted molar refractivity (Wildman–Crippen MR) is 94.6 cm³/mol. The number of nitrogens with one attached hydrogen (secondary N) is 1. The van der Waals surface area contributed by atoms with Gasteiger partial charge in [-0.2, -0.15) is 0 Å². The van der Waals surface area contributed by atoms with Crippen molar-refractivity contribution >= 4 is 10.9 Å². The number of rotatable bonds is 6. The van der Waals surface area contributed by atoms with Crippen molar-refractivity contribution in [3.8, 4) is 0 Å². The van der Waals surface area contributed by atoms with Gasteiger partial charge in [-0.25, -0.2) is 0 Å². The Balaban J connectivity index is 1.71. The minimum absolute atomic E-state index is 1.06. The molecule has 2 aromatic rings. The Kier molecular flexibility index (Phi) is 5.16. The van der Waals surface area contributed by atoms with E-state index < -0.39 is 0 Å². The lowest BCUT2D eigenvalue weighted by Gasteiger charge is -2.26. The van der Waals surface area contributed by atoms with Crippen LogP contribution in [-0.2, 0) is 19.4 Å². The maximum absolute atomic E-state index is 3.43. The largest absolute Gasteiger partial charge is 0.347 e. The molecule has 120 valence electrons. The quantitative estimate of drug-likeness (QED) is 0.884. The fraction of sp³-hybridized carbons (Fsp3) is 0.579. The number of hydrogen-bond donors (Lipinski definition) is 1. The lowest BCUT2D eigenvalue weighted by molar-refractivity contribution is 0.238. The van der Waals surface area contributed by atoms with Crippen LogP contribution in [0.25, 0.3) is 10.9 Å². The lowest BCUT2D eigenvalue weighted by Crippen LogP contribution is -2.43. The fourth-order valence-electron chi connectivity index (χ4n) is 3.53. The Hall–Kier alpha value is -1.32. The smallest absolute Gasteiger partial charge is 0.0483 e. The maximum atomic E-state index is 3.43. The van der Waals surface area contributed by atoms with Gasteiger partial charge >= 0.3 is 0 Å². The van der Waals surface area contributed by atoms with Gasteiger partial charge in [-0.1, -0.05) is 13.0 Å². The molecule has 1 saturated heterocycles. The Morgan fingerprint density at radius 3 is 2.68 bits per heavy atom. The molecular formula is C19H29N3. The minimum Gasteiger partial charge on any atom is -0.347 e. The van der Waals surface area contributed by atoms with Gasteiger partial charge in [0, 0.05) is 49.8 Å². The van der Waals surface area contributed by atoms with Crippen molar-refractivity contribution in [1.82, 2.24) is 14.8 Å². The van der Waals surface area contributed by atoms with E-state index in [2.05, 4.69) is 53.0 Å². The summed E-state index contributed by atoms with van der Waals surface area (Å²) in [6.07, 6.45) is 5.95. The molecule has 1 N–H and O–H groups in total. The molecule has 0 bridgehead atoms. The van der Waals surface area contributed by atoms with Gasteiger partial charge in [0.05, 0.1) is 0 Å². The molecule has 0 spiro atoms. The molecule has 2 heterocycles. The van der Waals surface area contributed by atoms with Crippen LogP contribution < -0.4 is 5.32 Å². The van der Waals surface area contributed by atoms with Crippen LogP contribution in [0.3, 0.4) is 0 Å². The molecule has 0 radical (unpaired) electrons. The molecule has 1 aromatic heterocycles. The van der Waals surface area contributed by atoms with E-state index >= 15 is 0 Å². The topological polar surface area (TPSA) is 20.2 Å². The number of aromatic nitrogens is 1. The fourth-order valence-corrected chi connectivity index (χ4v) is 3.53. The normalized spacial score (nSPS) is 16.5. The van der Waals surface area contributed by atoms with Gasteiger partial charge in [0.15, 0.2) is 0 Å². The number of nitrogens with zero attached hydrogens (tertiary/aromatic N) is 2. The van der Waals surface area contributed by atoms with E-state index in [1.807, 2.05) is 0 Å². The summed E-state index contributed by atoms with van der Waals surface area (Å²) in [5.74, 6) is 0. The zero-order chi connectivity index (χ0) is 15.4. The molecular weight excluding hydrogens is 270 g/mol. The van der Waals surface area contributed by atoms with Crippen molar-refractivity contribution in [2.45, 2.75) is 39.7 Å². The van der Waals surface area contributed by atoms with Gasteiger partial charge in [0.25, 0.3) is 0 Å². The van der Waals surface area contributed by atoms with Crippen molar-refractivity contribution in [3.05, 3.63) is 35.5 Å². The van der Waals surface area contributed by atoms with Crippen LogP contribution in [0, 0.1) is 0 Å². The number of fused-ring (bicyclic) bond motifs is 1. The van der Waals surface area contributed by atoms with Crippen LogP contribution in [0.1, 0.15) is 31.4 Å². The first kappa shape index (κ1) is 15.6. The summed E-state index contributed by atoms with van der Waals surface area (Å²) < 4.78 is 2.40. The summed E-state index contributed by atoms with van der Waals surface area (Å²) in [6, 6.07) is 6.98. The molecule has 3 heteroatoms. The van der Waals surface area contributed by atoms with E-state index in [0.717, 1.165) is 26.1 Å². The Labute approximate surface area is 134 Å². The van der Waals surface area contributed by atoms with Gasteiger partial charge in [0.1, 0.15) is 0 Å². The lowest BCUT2D eigenvalue weighted by atomic mass is 10.0. The van der Waals surface area contributed by atoms with Crippen LogP contribution in [0.5, 0.6) is 0 Å². The number of benzene rings is 1. The third kappa shape index (κ3) is 3.36. The molecule has 0 saturated carbocycles. The highest BCUT2D eigenvalue weighted by Gasteiger charge is 2.11. The van der Waals surface area contributed by atoms with Gasteiger partial charge in [-0.15, -0.1) is 0 Å². The third-order valence-electron chi connectivity index (χ3n) is 4.91. The second-order valence-corrected chi connectivity index (χ2v) is 6.34. The number of aryl methyl sites for hydroxylation is 3. The van der Waals surface area contributed by atoms with Gasteiger partial charge in [-0.05, 0) is 56.0 Å². The van der Waals surface area contributed by atoms with E-state index in [-0.39, 0.29) is 0 Å². The van der Waals surface area contributed by atoms with Crippen molar-refractivity contribution in [1.29, 1.82) is 0 Å². The summed E-state index contributed by atoms with van der Waals surface area (Å²) in [7, 11) is 0. The van der Waals surface area contributed by atoms with E-state index in [4.69, 9.17) is 0 Å². The van der Waals surface area contributed by atoms with E-state index in [0.29, 0.717) is 0 Å². The van der Waals surface area contributed by atoms with Crippen LogP contribution in [0.4, 0.5) is 0 Å². The predicted octanol–water partition coefficient (Wildman–Crippen LogP) is 3.06. The van der Waals surface area contributed by atoms with Crippen molar-refractivity contribution in [2.24, 2.45) is 0 Å². The Bertz CT molecular complexity index is 608. The Morgan fingerprint density at radius 2 is 1.95 bits per heavy atom. The highest BCUT2D eigenvalue weighted by Crippen LogP contribution is 2.24. The van der Waals surface area contributed by atoms with Crippen molar-refractivity contribution in [3.63, 3.8) is 0 Å². The van der Waals surface area contributed by atoms with Gasteiger partial charge < -0.3 is 14.8 Å². The van der Waals surface area contributed by atoms with E-state index in [1.165, 1.54) is 54.5 Å². The molecule has 1 aliphatic rings. The van der Waals surface area contributed by atoms with Crippen LogP contribution in [0.2, 0.25) is 0 Å². The molecule has 3 rings (SSSR count). The molecule has 0 aliphatic carbocycles. The summed E-state index contributed by atoms with van der Waals surface area (Å²) in [4.78, 5) is 2.59. The molecule has 3 nitrogen and oxygen atoms in total. The summed E-state index contributed by atoms with van der Waals surface area (Å²) in [5.41, 5.74) is 4.38. The number of hydrogen-bond acceptors (Lipinski definition) is 2. The first-order chi connectivity index (χ1) is 10.8. The first-order valence-corrected chi connectivity index (χ1v) is 8.85. The second-order valence-electron chi connectivity index (χ2n) is 6.34. The molecule has 22 heavy (non-hydrogen) atoms. The highest BCUT2D eigenvalue weighted by molar-refractivity contribution is 5.84. The molecule has 0 unspecified atom stereocenters. The molecule has 1 fully saturated rings. The molecule has 0 amide bonds. The maximum Gasteiger partial charge on any atom is 0.0483 e. The van der Waals surface area contributed by atoms with E-state index in [9.17, 15) is 0 Å². The number of piperazine rings is 1. The van der Waals surface area contributed by atoms with Gasteiger partial charge in [0.2, 0.25) is 0 Å². The SMILES string of the molecule is CCc1ccc2c(c1)c(CCCN1CCNCC1)cn2CC. The van der Waals surface area contributed by atoms with Crippen LogP contribution in [0.15, 0.2) is 24.4 Å². The van der Waals surface area contributed by atoms with Crippen LogP contribution in [-0.4, -0.2) is 42.2 Å². The second kappa shape index (κ2) is 7.30. The Morgan fingerprint density at radius 1 is 1.14 bits per heavy atom. The zero-order valence-electron chi connectivity index (χ0n) is 14.1. The van der Waals surface area contributed by atoms with Gasteiger partial charge in [-0.3, -0.25) is 0 Å². The van der Waals surface area contributed by atoms with Crippen LogP contribution >= 0.6 is 0 Å². The minimum atomic E-state index is 1.06. The molecule has 0 atom stereocenters. The summed E-state index contributed by atoms with van der Waals surface area (Å²) >= 11 is 0. The van der Waals surface area contributed by atoms with Crippen molar-refractivity contribution in [2.75, 3.05) is 32.7 Å². The average Bonchev–Trinajstić information content (AvgIpc) is 2.93. The monoisotopic (exact) mass is 299 g/mol. The summed E-state index contributed by atoms with van der Waals surface area (Å²) in [5, 5.41) is 4.90. The first-order valence-electron chi connectivity index (χ1n) is 8.85. The summed E-state index contributed by atoms with van der Waals surface area (Å²) in [6.45, 7) is 11.5. The standard InChI is InChI=1S/C19H29N3/c1-3-16-7-8-19-18(14-16)17(15-22(19)4-2)6-5-11-21-12-9-20-10-13-21/h7-8,14-15,20H,3-6,9-13H2,1-2H3. The average molecular weight is 299 g/mol. The van der Waals surface area contributed by atoms with Crippen molar-refractivity contribution < 1.29 is 0 Å². The van der Waals surface area contributed by atoms with E-state index in [1.54, 1.807) is 0 Å². The molecule has 1 aliphatic heterocycles. The highest BCUT2D eigenvalue weighted by atomic mass is 15.2. The zero-order valence-corrected chi connectivity index (χ0v) is 14.1.